The second-order valence-corrected chi connectivity index (χ2v) is 11.1. The number of methoxy groups -OCH3 is 2. The molecular formula is C31H35N5O7. The van der Waals surface area contributed by atoms with Gasteiger partial charge in [-0.3, -0.25) is 9.69 Å². The fraction of sp³-hybridized carbons (Fsp3) is 0.323. The van der Waals surface area contributed by atoms with E-state index in [2.05, 4.69) is 15.4 Å². The average Bonchev–Trinajstić information content (AvgIpc) is 3.39. The summed E-state index contributed by atoms with van der Waals surface area (Å²) >= 11 is 0. The van der Waals surface area contributed by atoms with Gasteiger partial charge in [-0.1, -0.05) is 13.8 Å². The first-order valence-corrected chi connectivity index (χ1v) is 13.6. The summed E-state index contributed by atoms with van der Waals surface area (Å²) in [6.45, 7) is 8.55. The predicted octanol–water partition coefficient (Wildman–Crippen LogP) is 5.52. The van der Waals surface area contributed by atoms with E-state index in [0.29, 0.717) is 34.2 Å². The molecule has 0 radical (unpaired) electrons. The van der Waals surface area contributed by atoms with Crippen LogP contribution in [0.15, 0.2) is 60.8 Å². The zero-order valence-electron chi connectivity index (χ0n) is 25.1. The number of aliphatic carboxylic acids is 1. The quantitative estimate of drug-likeness (QED) is 0.258. The van der Waals surface area contributed by atoms with Gasteiger partial charge in [0.2, 0.25) is 0 Å². The Balaban J connectivity index is 1.60. The van der Waals surface area contributed by atoms with Crippen LogP contribution in [0.5, 0.6) is 11.5 Å². The summed E-state index contributed by atoms with van der Waals surface area (Å²) in [4.78, 5) is 43.8. The zero-order chi connectivity index (χ0) is 31.5. The smallest absolute Gasteiger partial charge is 0.415 e. The number of anilines is 2. The lowest BCUT2D eigenvalue weighted by Gasteiger charge is -2.33. The van der Waals surface area contributed by atoms with E-state index >= 15 is 0 Å². The number of rotatable bonds is 9. The lowest BCUT2D eigenvalue weighted by atomic mass is 10.0. The number of amides is 2. The van der Waals surface area contributed by atoms with Crippen LogP contribution in [0, 0.1) is 5.92 Å². The summed E-state index contributed by atoms with van der Waals surface area (Å²) in [5, 5.41) is 17.2. The average molecular weight is 590 g/mol. The highest BCUT2D eigenvalue weighted by Gasteiger charge is 2.36. The fourth-order valence-corrected chi connectivity index (χ4v) is 4.51. The normalized spacial score (nSPS) is 12.1. The van der Waals surface area contributed by atoms with Crippen molar-refractivity contribution in [2.45, 2.75) is 46.3 Å². The van der Waals surface area contributed by atoms with E-state index in [1.54, 1.807) is 102 Å². The third-order valence-corrected chi connectivity index (χ3v) is 6.43. The summed E-state index contributed by atoms with van der Waals surface area (Å²) in [5.41, 5.74) is 1.97. The Morgan fingerprint density at radius 3 is 2.21 bits per heavy atom. The van der Waals surface area contributed by atoms with Gasteiger partial charge in [0, 0.05) is 29.2 Å². The van der Waals surface area contributed by atoms with Gasteiger partial charge in [-0.25, -0.2) is 19.1 Å². The molecule has 2 heterocycles. The van der Waals surface area contributed by atoms with E-state index in [-0.39, 0.29) is 5.69 Å². The molecule has 226 valence electrons. The number of hydrogen-bond acceptors (Lipinski definition) is 8. The monoisotopic (exact) mass is 589 g/mol. The molecule has 4 aromatic rings. The highest BCUT2D eigenvalue weighted by Crippen LogP contribution is 2.32. The lowest BCUT2D eigenvalue weighted by molar-refractivity contribution is -0.139. The number of carbonyl (C=O) groups is 3. The first kappa shape index (κ1) is 30.8. The van der Waals surface area contributed by atoms with Crippen molar-refractivity contribution in [2.24, 2.45) is 5.92 Å². The molecule has 0 saturated carbocycles. The molecule has 4 rings (SSSR count). The molecule has 1 unspecified atom stereocenters. The summed E-state index contributed by atoms with van der Waals surface area (Å²) in [5.74, 6) is -0.916. The van der Waals surface area contributed by atoms with Crippen LogP contribution in [0.2, 0.25) is 0 Å². The first-order valence-electron chi connectivity index (χ1n) is 13.6. The van der Waals surface area contributed by atoms with Crippen LogP contribution in [-0.2, 0) is 9.53 Å². The van der Waals surface area contributed by atoms with E-state index in [0.717, 1.165) is 10.5 Å². The van der Waals surface area contributed by atoms with Gasteiger partial charge >= 0.3 is 12.1 Å². The standard InChI is InChI=1S/C31H35N5O7/c1-18(2)27(29(38)39)35(30(40)43-31(3,4)5)21-11-9-20(10-12-21)33-28(37)22-17-26-32-15-14-23(36(26)34-22)19-8-13-24(41-6)25(16-19)42-7/h8-18,27H,1-7H3,(H,33,37)(H,38,39). The van der Waals surface area contributed by atoms with Crippen molar-refractivity contribution >= 4 is 35.0 Å². The number of ether oxygens (including phenoxy) is 3. The van der Waals surface area contributed by atoms with E-state index in [1.807, 2.05) is 12.1 Å². The molecular weight excluding hydrogens is 554 g/mol. The Morgan fingerprint density at radius 2 is 1.63 bits per heavy atom. The highest BCUT2D eigenvalue weighted by molar-refractivity contribution is 6.04. The van der Waals surface area contributed by atoms with Crippen LogP contribution in [-0.4, -0.2) is 63.5 Å². The maximum absolute atomic E-state index is 13.2. The van der Waals surface area contributed by atoms with E-state index in [1.165, 1.54) is 0 Å². The van der Waals surface area contributed by atoms with Crippen LogP contribution in [0.1, 0.15) is 45.1 Å². The number of nitrogens with zero attached hydrogens (tertiary/aromatic N) is 4. The molecule has 2 amide bonds. The van der Waals surface area contributed by atoms with Gasteiger partial charge in [0.05, 0.1) is 19.9 Å². The van der Waals surface area contributed by atoms with Crippen molar-refractivity contribution in [3.63, 3.8) is 0 Å². The maximum Gasteiger partial charge on any atom is 0.415 e. The Bertz CT molecular complexity index is 1640. The molecule has 12 heteroatoms. The minimum absolute atomic E-state index is 0.130. The van der Waals surface area contributed by atoms with Crippen molar-refractivity contribution < 1.29 is 33.7 Å². The molecule has 1 atom stereocenters. The molecule has 0 aliphatic rings. The number of carboxylic acid groups (broad SMARTS) is 1. The van der Waals surface area contributed by atoms with Gasteiger partial charge in [-0.15, -0.1) is 0 Å². The molecule has 2 aromatic heterocycles. The summed E-state index contributed by atoms with van der Waals surface area (Å²) < 4.78 is 17.8. The second-order valence-electron chi connectivity index (χ2n) is 11.1. The van der Waals surface area contributed by atoms with Crippen molar-refractivity contribution in [3.8, 4) is 22.8 Å². The van der Waals surface area contributed by atoms with E-state index in [9.17, 15) is 19.5 Å². The molecule has 2 aromatic carbocycles. The summed E-state index contributed by atoms with van der Waals surface area (Å²) in [6.07, 6.45) is 0.842. The molecule has 0 bridgehead atoms. The fourth-order valence-electron chi connectivity index (χ4n) is 4.51. The molecule has 0 fully saturated rings. The predicted molar refractivity (Wildman–Crippen MR) is 161 cm³/mol. The molecule has 43 heavy (non-hydrogen) atoms. The van der Waals surface area contributed by atoms with Gasteiger partial charge < -0.3 is 24.6 Å². The Labute approximate surface area is 249 Å². The molecule has 0 aliphatic heterocycles. The number of carbonyl (C=O) groups excluding carboxylic acids is 2. The van der Waals surface area contributed by atoms with Crippen LogP contribution in [0.25, 0.3) is 16.9 Å². The summed E-state index contributed by atoms with van der Waals surface area (Å²) in [7, 11) is 3.11. The summed E-state index contributed by atoms with van der Waals surface area (Å²) in [6, 6.07) is 13.9. The molecule has 12 nitrogen and oxygen atoms in total. The SMILES string of the molecule is COc1ccc(-c2ccnc3cc(C(=O)Nc4ccc(N(C(=O)OC(C)(C)C)C(C(=O)O)C(C)C)cc4)nn23)cc1OC. The molecule has 2 N–H and O–H groups in total. The molecule has 0 aliphatic carbocycles. The van der Waals surface area contributed by atoms with Gasteiger partial charge in [-0.2, -0.15) is 5.10 Å². The number of fused-ring (bicyclic) bond motifs is 1. The minimum atomic E-state index is -1.17. The molecule has 0 saturated heterocycles. The van der Waals surface area contributed by atoms with E-state index in [4.69, 9.17) is 14.2 Å². The third kappa shape index (κ3) is 6.85. The van der Waals surface area contributed by atoms with Gasteiger partial charge in [0.1, 0.15) is 11.6 Å². The minimum Gasteiger partial charge on any atom is -0.493 e. The van der Waals surface area contributed by atoms with Gasteiger partial charge in [0.25, 0.3) is 5.91 Å². The topological polar surface area (TPSA) is 145 Å². The van der Waals surface area contributed by atoms with Crippen LogP contribution in [0.4, 0.5) is 16.2 Å². The van der Waals surface area contributed by atoms with Crippen LogP contribution in [0.3, 0.4) is 0 Å². The Hall–Kier alpha value is -5.13. The second kappa shape index (κ2) is 12.4. The lowest BCUT2D eigenvalue weighted by Crippen LogP contribution is -2.50. The largest absolute Gasteiger partial charge is 0.493 e. The Morgan fingerprint density at radius 1 is 0.953 bits per heavy atom. The van der Waals surface area contributed by atoms with Crippen molar-refractivity contribution in [1.82, 2.24) is 14.6 Å². The number of carboxylic acids is 1. The van der Waals surface area contributed by atoms with Crippen molar-refractivity contribution in [3.05, 3.63) is 66.5 Å². The third-order valence-electron chi connectivity index (χ3n) is 6.43. The zero-order valence-corrected chi connectivity index (χ0v) is 25.1. The molecule has 0 spiro atoms. The van der Waals surface area contributed by atoms with Crippen LogP contribution >= 0.6 is 0 Å². The first-order chi connectivity index (χ1) is 20.3. The highest BCUT2D eigenvalue weighted by atomic mass is 16.6. The number of aromatic nitrogens is 3. The number of hydrogen-bond donors (Lipinski definition) is 2. The van der Waals surface area contributed by atoms with Crippen molar-refractivity contribution in [1.29, 1.82) is 0 Å². The van der Waals surface area contributed by atoms with Crippen molar-refractivity contribution in [2.75, 3.05) is 24.4 Å². The number of nitrogens with one attached hydrogen (secondary N) is 1. The van der Waals surface area contributed by atoms with Crippen LogP contribution < -0.4 is 19.7 Å². The maximum atomic E-state index is 13.2. The van der Waals surface area contributed by atoms with Gasteiger partial charge in [-0.05, 0) is 75.2 Å². The Kier molecular flexibility index (Phi) is 8.88. The number of benzene rings is 2. The van der Waals surface area contributed by atoms with Gasteiger partial charge in [0.15, 0.2) is 22.8 Å². The van der Waals surface area contributed by atoms with E-state index < -0.39 is 35.5 Å².